The zero-order valence-electron chi connectivity index (χ0n) is 9.93. The van der Waals surface area contributed by atoms with Crippen molar-refractivity contribution in [2.45, 2.75) is 18.1 Å². The van der Waals surface area contributed by atoms with E-state index in [1.165, 1.54) is 0 Å². The van der Waals surface area contributed by atoms with Gasteiger partial charge in [0.2, 0.25) is 0 Å². The van der Waals surface area contributed by atoms with Crippen LogP contribution in [0.25, 0.3) is 0 Å². The Morgan fingerprint density at radius 3 is 2.82 bits per heavy atom. The van der Waals surface area contributed by atoms with E-state index in [1.807, 2.05) is 36.0 Å². The van der Waals surface area contributed by atoms with Crippen molar-refractivity contribution < 1.29 is 9.47 Å². The quantitative estimate of drug-likeness (QED) is 0.647. The molecule has 1 aliphatic rings. The summed E-state index contributed by atoms with van der Waals surface area (Å²) in [7, 11) is 0. The van der Waals surface area contributed by atoms with Gasteiger partial charge in [-0.25, -0.2) is 0 Å². The van der Waals surface area contributed by atoms with E-state index < -0.39 is 0 Å². The first-order chi connectivity index (χ1) is 8.36. The average molecular weight is 253 g/mol. The molecule has 0 atom stereocenters. The second-order valence-electron chi connectivity index (χ2n) is 4.07. The SMILES string of the molecule is Nc1ccccc1OCCSC1CCOCC1. The molecule has 1 fully saturated rings. The minimum atomic E-state index is 0.712. The standard InChI is InChI=1S/C13H19NO2S/c14-12-3-1-2-4-13(12)16-9-10-17-11-5-7-15-8-6-11/h1-4,11H,5-10,14H2. The summed E-state index contributed by atoms with van der Waals surface area (Å²) in [6.45, 7) is 2.53. The average Bonchev–Trinajstić information content (AvgIpc) is 2.38. The van der Waals surface area contributed by atoms with Gasteiger partial charge in [-0.15, -0.1) is 0 Å². The predicted octanol–water partition coefficient (Wildman–Crippen LogP) is 2.56. The van der Waals surface area contributed by atoms with E-state index in [-0.39, 0.29) is 0 Å². The van der Waals surface area contributed by atoms with Crippen LogP contribution in [0.3, 0.4) is 0 Å². The van der Waals surface area contributed by atoms with Gasteiger partial charge in [-0.3, -0.25) is 0 Å². The van der Waals surface area contributed by atoms with Crippen molar-refractivity contribution in [3.63, 3.8) is 0 Å². The third-order valence-corrected chi connectivity index (χ3v) is 4.13. The molecule has 0 aromatic heterocycles. The number of anilines is 1. The zero-order valence-corrected chi connectivity index (χ0v) is 10.7. The van der Waals surface area contributed by atoms with Gasteiger partial charge in [0, 0.05) is 24.2 Å². The fraction of sp³-hybridized carbons (Fsp3) is 0.538. The number of para-hydroxylation sites is 2. The topological polar surface area (TPSA) is 44.5 Å². The van der Waals surface area contributed by atoms with Crippen LogP contribution in [-0.2, 0) is 4.74 Å². The van der Waals surface area contributed by atoms with Crippen molar-refractivity contribution in [3.8, 4) is 5.75 Å². The van der Waals surface area contributed by atoms with E-state index in [0.29, 0.717) is 5.69 Å². The Morgan fingerprint density at radius 2 is 2.06 bits per heavy atom. The summed E-state index contributed by atoms with van der Waals surface area (Å²) in [5.74, 6) is 1.80. The number of rotatable bonds is 5. The molecule has 0 unspecified atom stereocenters. The van der Waals surface area contributed by atoms with Gasteiger partial charge in [-0.2, -0.15) is 11.8 Å². The third-order valence-electron chi connectivity index (χ3n) is 2.78. The number of nitrogen functional groups attached to an aromatic ring is 1. The number of nitrogens with two attached hydrogens (primary N) is 1. The highest BCUT2D eigenvalue weighted by atomic mass is 32.2. The number of hydrogen-bond donors (Lipinski definition) is 1. The summed E-state index contributed by atoms with van der Waals surface area (Å²) in [5, 5.41) is 0.737. The molecule has 1 aromatic carbocycles. The van der Waals surface area contributed by atoms with Crippen LogP contribution in [-0.4, -0.2) is 30.8 Å². The summed E-state index contributed by atoms with van der Waals surface area (Å²) < 4.78 is 11.0. The maximum atomic E-state index is 5.80. The van der Waals surface area contributed by atoms with Crippen molar-refractivity contribution >= 4 is 17.4 Å². The van der Waals surface area contributed by atoms with E-state index in [1.54, 1.807) is 0 Å². The van der Waals surface area contributed by atoms with Gasteiger partial charge in [0.1, 0.15) is 5.75 Å². The molecule has 0 bridgehead atoms. The molecule has 0 saturated carbocycles. The molecule has 2 N–H and O–H groups in total. The third kappa shape index (κ3) is 4.13. The van der Waals surface area contributed by atoms with Crippen LogP contribution in [0.2, 0.25) is 0 Å². The smallest absolute Gasteiger partial charge is 0.142 e. The van der Waals surface area contributed by atoms with Gasteiger partial charge >= 0.3 is 0 Å². The predicted molar refractivity (Wildman–Crippen MR) is 72.6 cm³/mol. The van der Waals surface area contributed by atoms with E-state index in [9.17, 15) is 0 Å². The van der Waals surface area contributed by atoms with Crippen molar-refractivity contribution in [1.29, 1.82) is 0 Å². The Balaban J connectivity index is 1.64. The van der Waals surface area contributed by atoms with Gasteiger partial charge in [-0.05, 0) is 25.0 Å². The first kappa shape index (κ1) is 12.6. The lowest BCUT2D eigenvalue weighted by molar-refractivity contribution is 0.1000. The fourth-order valence-electron chi connectivity index (χ4n) is 1.82. The zero-order chi connectivity index (χ0) is 11.9. The molecule has 4 heteroatoms. The summed E-state index contributed by atoms with van der Waals surface area (Å²) in [4.78, 5) is 0. The lowest BCUT2D eigenvalue weighted by atomic mass is 10.2. The molecule has 0 radical (unpaired) electrons. The lowest BCUT2D eigenvalue weighted by Crippen LogP contribution is -2.18. The highest BCUT2D eigenvalue weighted by Gasteiger charge is 2.13. The monoisotopic (exact) mass is 253 g/mol. The maximum Gasteiger partial charge on any atom is 0.142 e. The number of benzene rings is 1. The Hall–Kier alpha value is -0.870. The summed E-state index contributed by atoms with van der Waals surface area (Å²) in [6.07, 6.45) is 2.33. The normalized spacial score (nSPS) is 16.9. The fourth-order valence-corrected chi connectivity index (χ4v) is 2.86. The van der Waals surface area contributed by atoms with Gasteiger partial charge in [0.25, 0.3) is 0 Å². The van der Waals surface area contributed by atoms with Crippen molar-refractivity contribution in [2.24, 2.45) is 0 Å². The highest BCUT2D eigenvalue weighted by Crippen LogP contribution is 2.23. The summed E-state index contributed by atoms with van der Waals surface area (Å²) in [5.41, 5.74) is 6.51. The highest BCUT2D eigenvalue weighted by molar-refractivity contribution is 7.99. The van der Waals surface area contributed by atoms with Crippen LogP contribution in [0.4, 0.5) is 5.69 Å². The Bertz CT molecular complexity index is 340. The van der Waals surface area contributed by atoms with E-state index in [0.717, 1.165) is 49.4 Å². The molecule has 1 aliphatic heterocycles. The van der Waals surface area contributed by atoms with Crippen LogP contribution < -0.4 is 10.5 Å². The molecule has 0 spiro atoms. The molecule has 1 saturated heterocycles. The van der Waals surface area contributed by atoms with Gasteiger partial charge in [-0.1, -0.05) is 12.1 Å². The molecular formula is C13H19NO2S. The molecule has 0 aliphatic carbocycles. The lowest BCUT2D eigenvalue weighted by Gasteiger charge is -2.21. The molecule has 1 aromatic rings. The van der Waals surface area contributed by atoms with Crippen LogP contribution in [0, 0.1) is 0 Å². The summed E-state index contributed by atoms with van der Waals surface area (Å²) >= 11 is 1.98. The van der Waals surface area contributed by atoms with Crippen LogP contribution in [0.5, 0.6) is 5.75 Å². The van der Waals surface area contributed by atoms with Crippen molar-refractivity contribution in [3.05, 3.63) is 24.3 Å². The minimum Gasteiger partial charge on any atom is -0.491 e. The second-order valence-corrected chi connectivity index (χ2v) is 5.48. The van der Waals surface area contributed by atoms with E-state index >= 15 is 0 Å². The van der Waals surface area contributed by atoms with Gasteiger partial charge in [0.15, 0.2) is 0 Å². The molecule has 2 rings (SSSR count). The first-order valence-corrected chi connectivity index (χ1v) is 7.08. The van der Waals surface area contributed by atoms with Crippen molar-refractivity contribution in [2.75, 3.05) is 31.3 Å². The molecule has 1 heterocycles. The summed E-state index contributed by atoms with van der Waals surface area (Å²) in [6, 6.07) is 7.63. The molecule has 94 valence electrons. The Labute approximate surface area is 107 Å². The van der Waals surface area contributed by atoms with E-state index in [2.05, 4.69) is 0 Å². The van der Waals surface area contributed by atoms with Crippen LogP contribution in [0.1, 0.15) is 12.8 Å². The molecular weight excluding hydrogens is 234 g/mol. The second kappa shape index (κ2) is 6.77. The maximum absolute atomic E-state index is 5.80. The first-order valence-electron chi connectivity index (χ1n) is 6.03. The molecule has 17 heavy (non-hydrogen) atoms. The van der Waals surface area contributed by atoms with Crippen LogP contribution in [0.15, 0.2) is 24.3 Å². The Morgan fingerprint density at radius 1 is 1.29 bits per heavy atom. The van der Waals surface area contributed by atoms with Gasteiger partial charge < -0.3 is 15.2 Å². The minimum absolute atomic E-state index is 0.712. The number of hydrogen-bond acceptors (Lipinski definition) is 4. The van der Waals surface area contributed by atoms with Crippen LogP contribution >= 0.6 is 11.8 Å². The molecule has 0 amide bonds. The number of thioether (sulfide) groups is 1. The van der Waals surface area contributed by atoms with Gasteiger partial charge in [0.05, 0.1) is 12.3 Å². The van der Waals surface area contributed by atoms with E-state index in [4.69, 9.17) is 15.2 Å². The number of ether oxygens (including phenoxy) is 2. The molecule has 3 nitrogen and oxygen atoms in total. The largest absolute Gasteiger partial charge is 0.491 e. The van der Waals surface area contributed by atoms with Crippen molar-refractivity contribution in [1.82, 2.24) is 0 Å². The Kier molecular flexibility index (Phi) is 5.01.